The van der Waals surface area contributed by atoms with Crippen molar-refractivity contribution in [3.63, 3.8) is 0 Å². The van der Waals surface area contributed by atoms with Gasteiger partial charge in [0.1, 0.15) is 0 Å². The predicted molar refractivity (Wildman–Crippen MR) is 66.8 cm³/mol. The van der Waals surface area contributed by atoms with Crippen LogP contribution in [0.5, 0.6) is 0 Å². The number of benzene rings is 1. The van der Waals surface area contributed by atoms with Crippen LogP contribution in [0.3, 0.4) is 0 Å². The summed E-state index contributed by atoms with van der Waals surface area (Å²) in [5.74, 6) is 0. The lowest BCUT2D eigenvalue weighted by Gasteiger charge is -2.20. The largest absolute Gasteiger partial charge is 0.387 e. The molecule has 0 spiro atoms. The third-order valence-corrected chi connectivity index (χ3v) is 3.62. The molecule has 1 aliphatic rings. The lowest BCUT2D eigenvalue weighted by Crippen LogP contribution is -2.25. The number of β-amino-alcohol motifs (C(OH)–C–C–N with tert-alkyl or cyclic N) is 1. The number of aryl methyl sites for hydroxylation is 1. The molecule has 2 rings (SSSR count). The van der Waals surface area contributed by atoms with E-state index >= 15 is 0 Å². The van der Waals surface area contributed by atoms with E-state index in [1.54, 1.807) is 0 Å². The van der Waals surface area contributed by atoms with Gasteiger partial charge in [0.05, 0.1) is 6.10 Å². The van der Waals surface area contributed by atoms with Crippen molar-refractivity contribution in [3.05, 3.63) is 34.3 Å². The van der Waals surface area contributed by atoms with E-state index in [2.05, 4.69) is 4.90 Å². The second-order valence-electron chi connectivity index (χ2n) is 4.53. The van der Waals surface area contributed by atoms with Gasteiger partial charge < -0.3 is 10.0 Å². The Kier molecular flexibility index (Phi) is 3.85. The van der Waals surface area contributed by atoms with Gasteiger partial charge in [-0.05, 0) is 50.0 Å². The first kappa shape index (κ1) is 11.9. The maximum Gasteiger partial charge on any atom is 0.0917 e. The maximum atomic E-state index is 10.1. The summed E-state index contributed by atoms with van der Waals surface area (Å²) in [6.07, 6.45) is 2.12. The molecule has 0 amide bonds. The fourth-order valence-electron chi connectivity index (χ4n) is 2.19. The molecule has 1 N–H and O–H groups in total. The van der Waals surface area contributed by atoms with Crippen LogP contribution in [0.1, 0.15) is 30.1 Å². The van der Waals surface area contributed by atoms with Crippen LogP contribution in [0.2, 0.25) is 5.02 Å². The van der Waals surface area contributed by atoms with Crippen LogP contribution in [0, 0.1) is 6.92 Å². The van der Waals surface area contributed by atoms with Gasteiger partial charge >= 0.3 is 0 Å². The molecule has 0 aromatic heterocycles. The monoisotopic (exact) mass is 239 g/mol. The van der Waals surface area contributed by atoms with Crippen molar-refractivity contribution in [2.75, 3.05) is 19.6 Å². The van der Waals surface area contributed by atoms with Crippen molar-refractivity contribution < 1.29 is 5.11 Å². The molecule has 3 heteroatoms. The summed E-state index contributed by atoms with van der Waals surface area (Å²) in [6.45, 7) is 4.93. The first-order chi connectivity index (χ1) is 7.66. The number of halogens is 1. The van der Waals surface area contributed by atoms with Gasteiger partial charge in [-0.1, -0.05) is 23.7 Å². The van der Waals surface area contributed by atoms with Gasteiger partial charge in [-0.2, -0.15) is 0 Å². The normalized spacial score (nSPS) is 18.9. The number of nitrogens with zero attached hydrogens (tertiary/aromatic N) is 1. The van der Waals surface area contributed by atoms with Gasteiger partial charge in [-0.3, -0.25) is 0 Å². The van der Waals surface area contributed by atoms with Crippen molar-refractivity contribution in [1.82, 2.24) is 4.90 Å². The number of likely N-dealkylation sites (tertiary alicyclic amines) is 1. The van der Waals surface area contributed by atoms with E-state index in [0.717, 1.165) is 35.8 Å². The Morgan fingerprint density at radius 2 is 2.06 bits per heavy atom. The van der Waals surface area contributed by atoms with Gasteiger partial charge in [-0.15, -0.1) is 0 Å². The number of hydrogen-bond acceptors (Lipinski definition) is 2. The average Bonchev–Trinajstić information content (AvgIpc) is 2.74. The molecule has 1 atom stereocenters. The predicted octanol–water partition coefficient (Wildman–Crippen LogP) is 2.78. The lowest BCUT2D eigenvalue weighted by atomic mass is 10.1. The van der Waals surface area contributed by atoms with Gasteiger partial charge in [0.15, 0.2) is 0 Å². The van der Waals surface area contributed by atoms with Crippen molar-refractivity contribution in [2.24, 2.45) is 0 Å². The molecule has 16 heavy (non-hydrogen) atoms. The van der Waals surface area contributed by atoms with Crippen LogP contribution in [0.25, 0.3) is 0 Å². The minimum absolute atomic E-state index is 0.394. The van der Waals surface area contributed by atoms with E-state index in [1.165, 1.54) is 12.8 Å². The minimum atomic E-state index is -0.394. The summed E-state index contributed by atoms with van der Waals surface area (Å²) in [4.78, 5) is 2.31. The number of aliphatic hydroxyl groups is 1. The molecule has 1 aliphatic heterocycles. The second-order valence-corrected chi connectivity index (χ2v) is 4.94. The minimum Gasteiger partial charge on any atom is -0.387 e. The Bertz CT molecular complexity index is 361. The topological polar surface area (TPSA) is 23.5 Å². The standard InChI is InChI=1S/C13H18ClNO/c1-10-8-11(4-5-12(10)14)13(16)9-15-6-2-3-7-15/h4-5,8,13,16H,2-3,6-7,9H2,1H3. The summed E-state index contributed by atoms with van der Waals surface area (Å²) < 4.78 is 0. The smallest absolute Gasteiger partial charge is 0.0917 e. The van der Waals surface area contributed by atoms with Crippen LogP contribution in [0.15, 0.2) is 18.2 Å². The molecule has 1 saturated heterocycles. The highest BCUT2D eigenvalue weighted by Crippen LogP contribution is 2.22. The van der Waals surface area contributed by atoms with Crippen molar-refractivity contribution in [1.29, 1.82) is 0 Å². The van der Waals surface area contributed by atoms with E-state index in [4.69, 9.17) is 11.6 Å². The summed E-state index contributed by atoms with van der Waals surface area (Å²) >= 11 is 5.96. The van der Waals surface area contributed by atoms with Crippen LogP contribution in [-0.4, -0.2) is 29.6 Å². The number of rotatable bonds is 3. The Hall–Kier alpha value is -0.570. The Balaban J connectivity index is 2.02. The Morgan fingerprint density at radius 3 is 2.69 bits per heavy atom. The fraction of sp³-hybridized carbons (Fsp3) is 0.538. The van der Waals surface area contributed by atoms with Gasteiger partial charge in [0.2, 0.25) is 0 Å². The third-order valence-electron chi connectivity index (χ3n) is 3.20. The molecule has 0 radical (unpaired) electrons. The molecule has 1 aromatic rings. The number of aliphatic hydroxyl groups excluding tert-OH is 1. The third kappa shape index (κ3) is 2.76. The van der Waals surface area contributed by atoms with Crippen LogP contribution in [0.4, 0.5) is 0 Å². The zero-order chi connectivity index (χ0) is 11.5. The highest BCUT2D eigenvalue weighted by atomic mass is 35.5. The zero-order valence-corrected chi connectivity index (χ0v) is 10.4. The summed E-state index contributed by atoms with van der Waals surface area (Å²) in [6, 6.07) is 5.75. The van der Waals surface area contributed by atoms with E-state index in [9.17, 15) is 5.11 Å². The van der Waals surface area contributed by atoms with Gasteiger partial charge in [0, 0.05) is 11.6 Å². The second kappa shape index (κ2) is 5.17. The quantitative estimate of drug-likeness (QED) is 0.877. The SMILES string of the molecule is Cc1cc(C(O)CN2CCCC2)ccc1Cl. The van der Waals surface area contributed by atoms with Gasteiger partial charge in [-0.25, -0.2) is 0 Å². The molecular formula is C13H18ClNO. The highest BCUT2D eigenvalue weighted by Gasteiger charge is 2.17. The van der Waals surface area contributed by atoms with E-state index in [0.29, 0.717) is 0 Å². The average molecular weight is 240 g/mol. The molecule has 1 fully saturated rings. The summed E-state index contributed by atoms with van der Waals surface area (Å²) in [7, 11) is 0. The first-order valence-electron chi connectivity index (χ1n) is 5.83. The first-order valence-corrected chi connectivity index (χ1v) is 6.21. The molecule has 1 aromatic carbocycles. The molecule has 2 nitrogen and oxygen atoms in total. The molecular weight excluding hydrogens is 222 g/mol. The molecule has 0 aliphatic carbocycles. The Morgan fingerprint density at radius 1 is 1.38 bits per heavy atom. The maximum absolute atomic E-state index is 10.1. The van der Waals surface area contributed by atoms with Crippen molar-refractivity contribution >= 4 is 11.6 Å². The van der Waals surface area contributed by atoms with Crippen LogP contribution in [-0.2, 0) is 0 Å². The lowest BCUT2D eigenvalue weighted by molar-refractivity contribution is 0.126. The Labute approximate surface area is 102 Å². The number of hydrogen-bond donors (Lipinski definition) is 1. The van der Waals surface area contributed by atoms with Gasteiger partial charge in [0.25, 0.3) is 0 Å². The fourth-order valence-corrected chi connectivity index (χ4v) is 2.31. The van der Waals surface area contributed by atoms with Crippen molar-refractivity contribution in [3.8, 4) is 0 Å². The van der Waals surface area contributed by atoms with E-state index in [1.807, 2.05) is 25.1 Å². The van der Waals surface area contributed by atoms with Crippen LogP contribution >= 0.6 is 11.6 Å². The van der Waals surface area contributed by atoms with Crippen molar-refractivity contribution in [2.45, 2.75) is 25.9 Å². The van der Waals surface area contributed by atoms with E-state index < -0.39 is 6.10 Å². The zero-order valence-electron chi connectivity index (χ0n) is 9.62. The molecule has 0 bridgehead atoms. The molecule has 0 saturated carbocycles. The highest BCUT2D eigenvalue weighted by molar-refractivity contribution is 6.31. The summed E-state index contributed by atoms with van der Waals surface area (Å²) in [5, 5.41) is 10.9. The molecule has 88 valence electrons. The molecule has 1 heterocycles. The molecule has 1 unspecified atom stereocenters. The van der Waals surface area contributed by atoms with Crippen LogP contribution < -0.4 is 0 Å². The van der Waals surface area contributed by atoms with E-state index in [-0.39, 0.29) is 0 Å². The summed E-state index contributed by atoms with van der Waals surface area (Å²) in [5.41, 5.74) is 1.99.